The first-order valence-corrected chi connectivity index (χ1v) is 6.03. The maximum atomic E-state index is 11.7. The molecule has 0 radical (unpaired) electrons. The molecule has 0 aromatic rings. The highest BCUT2D eigenvalue weighted by molar-refractivity contribution is 5.74. The summed E-state index contributed by atoms with van der Waals surface area (Å²) in [6.07, 6.45) is 6.14. The van der Waals surface area contributed by atoms with E-state index in [0.29, 0.717) is 12.1 Å². The van der Waals surface area contributed by atoms with Crippen molar-refractivity contribution < 1.29 is 4.79 Å². The van der Waals surface area contributed by atoms with Gasteiger partial charge in [0.05, 0.1) is 0 Å². The molecule has 2 aliphatic rings. The van der Waals surface area contributed by atoms with Crippen molar-refractivity contribution in [2.45, 2.75) is 44.2 Å². The molecule has 2 fully saturated rings. The number of rotatable bonds is 3. The zero-order chi connectivity index (χ0) is 10.7. The van der Waals surface area contributed by atoms with Gasteiger partial charge in [0.1, 0.15) is 0 Å². The van der Waals surface area contributed by atoms with Crippen molar-refractivity contribution in [3.8, 4) is 0 Å². The summed E-state index contributed by atoms with van der Waals surface area (Å²) >= 11 is 0. The van der Waals surface area contributed by atoms with Crippen LogP contribution in [0.15, 0.2) is 0 Å². The Morgan fingerprint density at radius 1 is 1.40 bits per heavy atom. The number of carbonyl (C=O) groups excluding carboxylic acids is 1. The van der Waals surface area contributed by atoms with Gasteiger partial charge in [-0.1, -0.05) is 6.42 Å². The summed E-state index contributed by atoms with van der Waals surface area (Å²) in [6.45, 7) is 1.99. The molecule has 0 aromatic carbocycles. The number of nitrogens with zero attached hydrogens (tertiary/aromatic N) is 1. The molecule has 1 saturated heterocycles. The molecule has 1 unspecified atom stereocenters. The van der Waals surface area contributed by atoms with Crippen LogP contribution in [0.3, 0.4) is 0 Å². The van der Waals surface area contributed by atoms with Crippen molar-refractivity contribution >= 4 is 6.03 Å². The van der Waals surface area contributed by atoms with Gasteiger partial charge in [-0.05, 0) is 32.2 Å². The first kappa shape index (κ1) is 10.7. The van der Waals surface area contributed by atoms with E-state index in [1.54, 1.807) is 7.05 Å². The summed E-state index contributed by atoms with van der Waals surface area (Å²) in [4.78, 5) is 13.7. The molecule has 1 aliphatic carbocycles. The summed E-state index contributed by atoms with van der Waals surface area (Å²) in [5.41, 5.74) is 0. The lowest BCUT2D eigenvalue weighted by Gasteiger charge is -2.30. The van der Waals surface area contributed by atoms with Crippen LogP contribution in [0, 0.1) is 0 Å². The fourth-order valence-electron chi connectivity index (χ4n) is 2.24. The number of urea groups is 1. The van der Waals surface area contributed by atoms with Gasteiger partial charge in [0.25, 0.3) is 0 Å². The molecule has 0 spiro atoms. The standard InChI is InChI=1S/C11H21N3O/c1-12-11(15)14(10-5-6-10)8-9-4-2-3-7-13-9/h9-10,13H,2-8H2,1H3,(H,12,15). The van der Waals surface area contributed by atoms with Gasteiger partial charge in [0, 0.05) is 25.7 Å². The Morgan fingerprint density at radius 3 is 2.73 bits per heavy atom. The van der Waals surface area contributed by atoms with Crippen LogP contribution in [0.1, 0.15) is 32.1 Å². The number of hydrogen-bond acceptors (Lipinski definition) is 2. The second kappa shape index (κ2) is 4.84. The third kappa shape index (κ3) is 2.84. The molecular formula is C11H21N3O. The molecule has 1 heterocycles. The molecule has 0 bridgehead atoms. The van der Waals surface area contributed by atoms with E-state index in [-0.39, 0.29) is 6.03 Å². The van der Waals surface area contributed by atoms with Crippen LogP contribution < -0.4 is 10.6 Å². The fraction of sp³-hybridized carbons (Fsp3) is 0.909. The first-order chi connectivity index (χ1) is 7.31. The SMILES string of the molecule is CNC(=O)N(CC1CCCCN1)C1CC1. The predicted molar refractivity (Wildman–Crippen MR) is 59.8 cm³/mol. The molecule has 2 amide bonds. The highest BCUT2D eigenvalue weighted by atomic mass is 16.2. The number of piperidine rings is 1. The second-order valence-corrected chi connectivity index (χ2v) is 4.59. The van der Waals surface area contributed by atoms with Crippen LogP contribution in [0.4, 0.5) is 4.79 Å². The number of amides is 2. The number of carbonyl (C=O) groups is 1. The maximum absolute atomic E-state index is 11.7. The molecule has 4 heteroatoms. The molecule has 1 aliphatic heterocycles. The highest BCUT2D eigenvalue weighted by Crippen LogP contribution is 2.27. The van der Waals surface area contributed by atoms with Gasteiger partial charge in [-0.15, -0.1) is 0 Å². The van der Waals surface area contributed by atoms with Crippen LogP contribution in [0.5, 0.6) is 0 Å². The van der Waals surface area contributed by atoms with Crippen LogP contribution in [-0.4, -0.2) is 43.2 Å². The topological polar surface area (TPSA) is 44.4 Å². The van der Waals surface area contributed by atoms with E-state index in [0.717, 1.165) is 13.1 Å². The monoisotopic (exact) mass is 211 g/mol. The van der Waals surface area contributed by atoms with E-state index in [9.17, 15) is 4.79 Å². The van der Waals surface area contributed by atoms with Crippen molar-refractivity contribution in [2.75, 3.05) is 20.1 Å². The molecule has 1 atom stereocenters. The zero-order valence-electron chi connectivity index (χ0n) is 9.46. The van der Waals surface area contributed by atoms with Gasteiger partial charge in [-0.2, -0.15) is 0 Å². The Labute approximate surface area is 91.4 Å². The molecule has 4 nitrogen and oxygen atoms in total. The zero-order valence-corrected chi connectivity index (χ0v) is 9.46. The van der Waals surface area contributed by atoms with Crippen molar-refractivity contribution in [3.05, 3.63) is 0 Å². The summed E-state index contributed by atoms with van der Waals surface area (Å²) in [5, 5.41) is 6.22. The Bertz CT molecular complexity index is 222. The van der Waals surface area contributed by atoms with E-state index in [1.165, 1.54) is 32.1 Å². The molecule has 1 saturated carbocycles. The van der Waals surface area contributed by atoms with E-state index in [2.05, 4.69) is 10.6 Å². The average molecular weight is 211 g/mol. The van der Waals surface area contributed by atoms with Crippen LogP contribution in [-0.2, 0) is 0 Å². The smallest absolute Gasteiger partial charge is 0.317 e. The van der Waals surface area contributed by atoms with Gasteiger partial charge in [-0.25, -0.2) is 4.79 Å². The Kier molecular flexibility index (Phi) is 3.46. The van der Waals surface area contributed by atoms with Gasteiger partial charge in [0.15, 0.2) is 0 Å². The summed E-state index contributed by atoms with van der Waals surface area (Å²) in [7, 11) is 1.71. The van der Waals surface area contributed by atoms with Crippen molar-refractivity contribution in [2.24, 2.45) is 0 Å². The van der Waals surface area contributed by atoms with Gasteiger partial charge in [-0.3, -0.25) is 0 Å². The van der Waals surface area contributed by atoms with Gasteiger partial charge >= 0.3 is 6.03 Å². The summed E-state index contributed by atoms with van der Waals surface area (Å²) in [5.74, 6) is 0. The molecule has 2 N–H and O–H groups in total. The van der Waals surface area contributed by atoms with E-state index >= 15 is 0 Å². The lowest BCUT2D eigenvalue weighted by atomic mass is 10.0. The summed E-state index contributed by atoms with van der Waals surface area (Å²) < 4.78 is 0. The quantitative estimate of drug-likeness (QED) is 0.729. The Hall–Kier alpha value is -0.770. The molecule has 2 rings (SSSR count). The molecule has 0 aromatic heterocycles. The number of hydrogen-bond donors (Lipinski definition) is 2. The third-order valence-corrected chi connectivity index (χ3v) is 3.29. The lowest BCUT2D eigenvalue weighted by Crippen LogP contribution is -2.49. The average Bonchev–Trinajstić information content (AvgIpc) is 3.10. The Morgan fingerprint density at radius 2 is 2.20 bits per heavy atom. The maximum Gasteiger partial charge on any atom is 0.317 e. The van der Waals surface area contributed by atoms with E-state index in [4.69, 9.17) is 0 Å². The van der Waals surface area contributed by atoms with E-state index < -0.39 is 0 Å². The first-order valence-electron chi connectivity index (χ1n) is 6.03. The minimum atomic E-state index is 0.0878. The second-order valence-electron chi connectivity index (χ2n) is 4.59. The minimum absolute atomic E-state index is 0.0878. The van der Waals surface area contributed by atoms with Crippen LogP contribution >= 0.6 is 0 Å². The lowest BCUT2D eigenvalue weighted by molar-refractivity contribution is 0.185. The highest BCUT2D eigenvalue weighted by Gasteiger charge is 2.33. The van der Waals surface area contributed by atoms with Gasteiger partial charge < -0.3 is 15.5 Å². The predicted octanol–water partition coefficient (Wildman–Crippen LogP) is 0.932. The van der Waals surface area contributed by atoms with E-state index in [1.807, 2.05) is 4.90 Å². The summed E-state index contributed by atoms with van der Waals surface area (Å²) in [6, 6.07) is 1.11. The number of nitrogens with one attached hydrogen (secondary N) is 2. The van der Waals surface area contributed by atoms with Crippen molar-refractivity contribution in [1.29, 1.82) is 0 Å². The van der Waals surface area contributed by atoms with Crippen molar-refractivity contribution in [3.63, 3.8) is 0 Å². The molecule has 86 valence electrons. The van der Waals surface area contributed by atoms with Crippen molar-refractivity contribution in [1.82, 2.24) is 15.5 Å². The largest absolute Gasteiger partial charge is 0.341 e. The fourth-order valence-corrected chi connectivity index (χ4v) is 2.24. The Balaban J connectivity index is 1.84. The third-order valence-electron chi connectivity index (χ3n) is 3.29. The molecule has 15 heavy (non-hydrogen) atoms. The normalized spacial score (nSPS) is 26.1. The molecular weight excluding hydrogens is 190 g/mol. The minimum Gasteiger partial charge on any atom is -0.341 e. The van der Waals surface area contributed by atoms with Gasteiger partial charge in [0.2, 0.25) is 0 Å². The van der Waals surface area contributed by atoms with Crippen LogP contribution in [0.25, 0.3) is 0 Å². The van der Waals surface area contributed by atoms with Crippen LogP contribution in [0.2, 0.25) is 0 Å².